The molecule has 0 aliphatic carbocycles. The standard InChI is InChI=1S/C16H15F6N3O6S/c1-28-8-4-3-5-9(29-2)10(8)12-24-13(30-6-15(17,18)19)11(32(23,26)27)14(25-12)31-7-16(20,21)22/h3-5H,6-7H2,1-2H3,(H2,23,26,27). The number of sulfonamides is 1. The van der Waals surface area contributed by atoms with Crippen molar-refractivity contribution in [2.45, 2.75) is 17.2 Å². The maximum absolute atomic E-state index is 12.7. The van der Waals surface area contributed by atoms with E-state index >= 15 is 0 Å². The third kappa shape index (κ3) is 6.49. The molecule has 1 aromatic carbocycles. The van der Waals surface area contributed by atoms with Crippen LogP contribution < -0.4 is 24.1 Å². The lowest BCUT2D eigenvalue weighted by Crippen LogP contribution is -2.25. The number of rotatable bonds is 8. The zero-order valence-electron chi connectivity index (χ0n) is 16.2. The lowest BCUT2D eigenvalue weighted by Gasteiger charge is -2.18. The highest BCUT2D eigenvalue weighted by Crippen LogP contribution is 2.40. The molecule has 16 heteroatoms. The van der Waals surface area contributed by atoms with Gasteiger partial charge in [0.15, 0.2) is 19.0 Å². The van der Waals surface area contributed by atoms with E-state index in [9.17, 15) is 34.8 Å². The average molecular weight is 491 g/mol. The molecule has 2 N–H and O–H groups in total. The molecule has 32 heavy (non-hydrogen) atoms. The van der Waals surface area contributed by atoms with Crippen molar-refractivity contribution in [3.63, 3.8) is 0 Å². The summed E-state index contributed by atoms with van der Waals surface area (Å²) in [6, 6.07) is 4.19. The van der Waals surface area contributed by atoms with Gasteiger partial charge < -0.3 is 18.9 Å². The summed E-state index contributed by atoms with van der Waals surface area (Å²) in [7, 11) is -2.59. The van der Waals surface area contributed by atoms with Crippen LogP contribution in [0.25, 0.3) is 11.4 Å². The fraction of sp³-hybridized carbons (Fsp3) is 0.375. The van der Waals surface area contributed by atoms with Gasteiger partial charge in [-0.1, -0.05) is 6.07 Å². The summed E-state index contributed by atoms with van der Waals surface area (Å²) in [6.45, 7) is -4.07. The van der Waals surface area contributed by atoms with E-state index in [1.807, 2.05) is 0 Å². The molecule has 0 saturated heterocycles. The molecule has 1 aromatic heterocycles. The highest BCUT2D eigenvalue weighted by atomic mass is 32.2. The van der Waals surface area contributed by atoms with Crippen LogP contribution in [0.15, 0.2) is 23.1 Å². The van der Waals surface area contributed by atoms with Gasteiger partial charge in [0.05, 0.1) is 14.2 Å². The number of hydrogen-bond donors (Lipinski definition) is 1. The first-order valence-electron chi connectivity index (χ1n) is 8.21. The fourth-order valence-electron chi connectivity index (χ4n) is 2.33. The van der Waals surface area contributed by atoms with E-state index in [1.54, 1.807) is 0 Å². The second-order valence-corrected chi connectivity index (χ2v) is 7.38. The number of nitrogens with two attached hydrogens (primary N) is 1. The van der Waals surface area contributed by atoms with Crippen LogP contribution in [0, 0.1) is 0 Å². The third-order valence-corrected chi connectivity index (χ3v) is 4.40. The Morgan fingerprint density at radius 2 is 1.28 bits per heavy atom. The first kappa shape index (κ1) is 25.3. The molecule has 0 unspecified atom stereocenters. The summed E-state index contributed by atoms with van der Waals surface area (Å²) in [5.41, 5.74) is -0.132. The molecule has 0 bridgehead atoms. The molecule has 0 aliphatic heterocycles. The minimum absolute atomic E-state index is 0.00347. The third-order valence-electron chi connectivity index (χ3n) is 3.48. The minimum Gasteiger partial charge on any atom is -0.496 e. The van der Waals surface area contributed by atoms with E-state index in [0.717, 1.165) is 0 Å². The number of halogens is 6. The van der Waals surface area contributed by atoms with E-state index < -0.39 is 58.1 Å². The Hall–Kier alpha value is -3.01. The maximum atomic E-state index is 12.7. The number of primary sulfonamides is 1. The summed E-state index contributed by atoms with van der Waals surface area (Å²) >= 11 is 0. The zero-order valence-corrected chi connectivity index (χ0v) is 17.1. The number of alkyl halides is 6. The van der Waals surface area contributed by atoms with Crippen molar-refractivity contribution >= 4 is 10.0 Å². The molecule has 0 aliphatic rings. The van der Waals surface area contributed by atoms with E-state index in [-0.39, 0.29) is 17.1 Å². The van der Waals surface area contributed by atoms with Gasteiger partial charge in [-0.2, -0.15) is 36.3 Å². The first-order chi connectivity index (χ1) is 14.7. The second kappa shape index (κ2) is 9.23. The van der Waals surface area contributed by atoms with E-state index in [4.69, 9.17) is 14.6 Å². The summed E-state index contributed by atoms with van der Waals surface area (Å²) in [6.07, 6.45) is -9.90. The topological polar surface area (TPSA) is 123 Å². The molecule has 178 valence electrons. The predicted molar refractivity (Wildman–Crippen MR) is 95.0 cm³/mol. The Balaban J connectivity index is 2.82. The number of aromatic nitrogens is 2. The largest absolute Gasteiger partial charge is 0.496 e. The first-order valence-corrected chi connectivity index (χ1v) is 9.76. The minimum atomic E-state index is -5.00. The molecule has 0 fully saturated rings. The van der Waals surface area contributed by atoms with Crippen molar-refractivity contribution in [2.24, 2.45) is 5.14 Å². The smallest absolute Gasteiger partial charge is 0.422 e. The molecule has 9 nitrogen and oxygen atoms in total. The van der Waals surface area contributed by atoms with Gasteiger partial charge in [-0.3, -0.25) is 0 Å². The van der Waals surface area contributed by atoms with Crippen molar-refractivity contribution in [2.75, 3.05) is 27.4 Å². The van der Waals surface area contributed by atoms with Crippen molar-refractivity contribution < 1.29 is 53.7 Å². The van der Waals surface area contributed by atoms with Gasteiger partial charge in [0.25, 0.3) is 0 Å². The van der Waals surface area contributed by atoms with Crippen LogP contribution in [0.3, 0.4) is 0 Å². The van der Waals surface area contributed by atoms with E-state index in [0.29, 0.717) is 0 Å². The van der Waals surface area contributed by atoms with Gasteiger partial charge in [0.1, 0.15) is 17.1 Å². The average Bonchev–Trinajstić information content (AvgIpc) is 2.67. The van der Waals surface area contributed by atoms with Gasteiger partial charge in [0.2, 0.25) is 26.7 Å². The molecule has 0 saturated carbocycles. The Kier molecular flexibility index (Phi) is 7.29. The van der Waals surface area contributed by atoms with Crippen molar-refractivity contribution in [3.05, 3.63) is 18.2 Å². The summed E-state index contributed by atoms with van der Waals surface area (Å²) in [4.78, 5) is 5.84. The summed E-state index contributed by atoms with van der Waals surface area (Å²) in [5, 5.41) is 4.96. The monoisotopic (exact) mass is 491 g/mol. The normalized spacial score (nSPS) is 12.4. The van der Waals surface area contributed by atoms with Gasteiger partial charge in [-0.25, -0.2) is 13.6 Å². The molecule has 0 spiro atoms. The Morgan fingerprint density at radius 3 is 1.59 bits per heavy atom. The van der Waals surface area contributed by atoms with Crippen LogP contribution in [-0.4, -0.2) is 58.2 Å². The van der Waals surface area contributed by atoms with Crippen molar-refractivity contribution in [1.82, 2.24) is 9.97 Å². The summed E-state index contributed by atoms with van der Waals surface area (Å²) < 4.78 is 119. The van der Waals surface area contributed by atoms with Crippen LogP contribution in [0.1, 0.15) is 0 Å². The fourth-order valence-corrected chi connectivity index (χ4v) is 3.03. The number of methoxy groups -OCH3 is 2. The number of nitrogens with zero attached hydrogens (tertiary/aromatic N) is 2. The summed E-state index contributed by atoms with van der Waals surface area (Å²) in [5.74, 6) is -3.17. The lowest BCUT2D eigenvalue weighted by atomic mass is 10.1. The highest BCUT2D eigenvalue weighted by molar-refractivity contribution is 7.89. The predicted octanol–water partition coefficient (Wildman–Crippen LogP) is 2.69. The van der Waals surface area contributed by atoms with Gasteiger partial charge in [0, 0.05) is 0 Å². The molecule has 2 rings (SSSR count). The molecule has 0 amide bonds. The van der Waals surface area contributed by atoms with Gasteiger partial charge in [-0.05, 0) is 12.1 Å². The van der Waals surface area contributed by atoms with Crippen molar-refractivity contribution in [3.8, 4) is 34.6 Å². The highest BCUT2D eigenvalue weighted by Gasteiger charge is 2.35. The van der Waals surface area contributed by atoms with E-state index in [1.165, 1.54) is 32.4 Å². The molecular weight excluding hydrogens is 476 g/mol. The number of ether oxygens (including phenoxy) is 4. The van der Waals surface area contributed by atoms with E-state index in [2.05, 4.69) is 19.4 Å². The molecule has 0 atom stereocenters. The molecule has 2 aromatic rings. The Labute approximate surface area is 177 Å². The SMILES string of the molecule is COc1cccc(OC)c1-c1nc(OCC(F)(F)F)c(S(N)(=O)=O)c(OCC(F)(F)F)n1. The number of hydrogen-bond acceptors (Lipinski definition) is 8. The molecular formula is C16H15F6N3O6S. The maximum Gasteiger partial charge on any atom is 0.422 e. The zero-order chi connectivity index (χ0) is 24.3. The molecule has 1 heterocycles. The second-order valence-electron chi connectivity index (χ2n) is 5.88. The Morgan fingerprint density at radius 1 is 0.875 bits per heavy atom. The van der Waals surface area contributed by atoms with Crippen LogP contribution in [0.4, 0.5) is 26.3 Å². The number of benzene rings is 1. The van der Waals surface area contributed by atoms with Crippen molar-refractivity contribution in [1.29, 1.82) is 0 Å². The van der Waals surface area contributed by atoms with Crippen LogP contribution in [0.5, 0.6) is 23.3 Å². The van der Waals surface area contributed by atoms with Gasteiger partial charge in [-0.15, -0.1) is 0 Å². The van der Waals surface area contributed by atoms with Crippen LogP contribution >= 0.6 is 0 Å². The van der Waals surface area contributed by atoms with Crippen LogP contribution in [0.2, 0.25) is 0 Å². The lowest BCUT2D eigenvalue weighted by molar-refractivity contribution is -0.155. The quantitative estimate of drug-likeness (QED) is 0.560. The Bertz CT molecular complexity index is 1010. The molecule has 0 radical (unpaired) electrons. The van der Waals surface area contributed by atoms with Crippen LogP contribution in [-0.2, 0) is 10.0 Å². The van der Waals surface area contributed by atoms with Gasteiger partial charge >= 0.3 is 12.4 Å².